The first kappa shape index (κ1) is 22.2. The highest BCUT2D eigenvalue weighted by molar-refractivity contribution is 5.91. The van der Waals surface area contributed by atoms with E-state index >= 15 is 0 Å². The number of unbranched alkanes of at least 4 members (excludes halogenated alkanes) is 13. The van der Waals surface area contributed by atoms with Crippen molar-refractivity contribution in [1.29, 1.82) is 0 Å². The highest BCUT2D eigenvalue weighted by atomic mass is 16.6. The van der Waals surface area contributed by atoms with Crippen molar-refractivity contribution in [1.82, 2.24) is 0 Å². The summed E-state index contributed by atoms with van der Waals surface area (Å²) in [6.07, 6.45) is 21.1. The first-order chi connectivity index (χ1) is 12.1. The van der Waals surface area contributed by atoms with Crippen molar-refractivity contribution >= 4 is 5.97 Å². The van der Waals surface area contributed by atoms with Gasteiger partial charge < -0.3 is 9.84 Å². The second-order valence-electron chi connectivity index (χ2n) is 7.93. The lowest BCUT2D eigenvalue weighted by atomic mass is 9.99. The van der Waals surface area contributed by atoms with Crippen LogP contribution < -0.4 is 0 Å². The molecule has 1 atom stereocenters. The first-order valence-corrected chi connectivity index (χ1v) is 10.6. The molecule has 3 nitrogen and oxygen atoms in total. The summed E-state index contributed by atoms with van der Waals surface area (Å²) in [5.41, 5.74) is 0.0503. The van der Waals surface area contributed by atoms with E-state index in [4.69, 9.17) is 4.74 Å². The maximum absolute atomic E-state index is 11.7. The summed E-state index contributed by atoms with van der Waals surface area (Å²) in [5.74, 6) is -0.244. The quantitative estimate of drug-likeness (QED) is 0.220. The van der Waals surface area contributed by atoms with Gasteiger partial charge in [-0.3, -0.25) is 0 Å². The average molecular weight is 353 g/mol. The van der Waals surface area contributed by atoms with Gasteiger partial charge in [-0.05, 0) is 19.8 Å². The van der Waals surface area contributed by atoms with Gasteiger partial charge >= 0.3 is 5.97 Å². The van der Waals surface area contributed by atoms with Crippen LogP contribution in [-0.2, 0) is 9.53 Å². The molecule has 146 valence electrons. The van der Waals surface area contributed by atoms with Crippen molar-refractivity contribution in [2.75, 3.05) is 6.61 Å². The molecule has 0 saturated carbocycles. The SMILES string of the molecule is CCCCCCCCCCCCCCC/C=C1/C[C@](C)(CO)OC1=O. The van der Waals surface area contributed by atoms with E-state index in [2.05, 4.69) is 6.92 Å². The van der Waals surface area contributed by atoms with Crippen molar-refractivity contribution in [3.05, 3.63) is 11.6 Å². The zero-order valence-corrected chi connectivity index (χ0v) is 16.7. The molecule has 1 rings (SSSR count). The van der Waals surface area contributed by atoms with Crippen LogP contribution in [0.15, 0.2) is 11.6 Å². The summed E-state index contributed by atoms with van der Waals surface area (Å²) in [6, 6.07) is 0. The van der Waals surface area contributed by atoms with E-state index in [1.165, 1.54) is 77.0 Å². The van der Waals surface area contributed by atoms with E-state index in [9.17, 15) is 9.90 Å². The summed E-state index contributed by atoms with van der Waals surface area (Å²) in [7, 11) is 0. The van der Waals surface area contributed by atoms with E-state index < -0.39 is 5.60 Å². The van der Waals surface area contributed by atoms with Crippen molar-refractivity contribution in [3.63, 3.8) is 0 Å². The smallest absolute Gasteiger partial charge is 0.334 e. The van der Waals surface area contributed by atoms with Crippen LogP contribution >= 0.6 is 0 Å². The number of carbonyl (C=O) groups excluding carboxylic acids is 1. The second-order valence-corrected chi connectivity index (χ2v) is 7.93. The summed E-state index contributed by atoms with van der Waals surface area (Å²) in [4.78, 5) is 11.7. The van der Waals surface area contributed by atoms with Gasteiger partial charge in [-0.25, -0.2) is 4.79 Å². The molecule has 0 aromatic rings. The van der Waals surface area contributed by atoms with Crippen LogP contribution in [0, 0.1) is 0 Å². The highest BCUT2D eigenvalue weighted by Gasteiger charge is 2.38. The lowest BCUT2D eigenvalue weighted by Crippen LogP contribution is -2.28. The van der Waals surface area contributed by atoms with E-state index in [1.54, 1.807) is 6.92 Å². The number of cyclic esters (lactones) is 1. The Morgan fingerprint density at radius 3 is 1.84 bits per heavy atom. The zero-order valence-electron chi connectivity index (χ0n) is 16.7. The lowest BCUT2D eigenvalue weighted by molar-refractivity contribution is -0.148. The molecular formula is C22H40O3. The standard InChI is InChI=1S/C22H40O3/c1-3-4-5-6-7-8-9-10-11-12-13-14-15-16-17-20-18-22(2,19-23)25-21(20)24/h17,23H,3-16,18-19H2,1-2H3/b20-17-/t22-/m1/s1. The Kier molecular flexibility index (Phi) is 11.9. The van der Waals surface area contributed by atoms with E-state index in [0.717, 1.165) is 18.4 Å². The Morgan fingerprint density at radius 1 is 0.920 bits per heavy atom. The van der Waals surface area contributed by atoms with Crippen LogP contribution in [0.3, 0.4) is 0 Å². The third-order valence-corrected chi connectivity index (χ3v) is 5.20. The molecule has 3 heteroatoms. The van der Waals surface area contributed by atoms with Crippen LogP contribution in [0.5, 0.6) is 0 Å². The molecule has 1 heterocycles. The molecule has 1 N–H and O–H groups in total. The molecule has 0 spiro atoms. The Balaban J connectivity index is 1.89. The fourth-order valence-corrected chi connectivity index (χ4v) is 3.48. The first-order valence-electron chi connectivity index (χ1n) is 10.6. The van der Waals surface area contributed by atoms with Crippen LogP contribution in [0.2, 0.25) is 0 Å². The van der Waals surface area contributed by atoms with Crippen LogP contribution in [0.4, 0.5) is 0 Å². The minimum Gasteiger partial charge on any atom is -0.453 e. The number of ether oxygens (including phenoxy) is 1. The summed E-state index contributed by atoms with van der Waals surface area (Å²) >= 11 is 0. The largest absolute Gasteiger partial charge is 0.453 e. The molecule has 0 bridgehead atoms. The monoisotopic (exact) mass is 352 g/mol. The van der Waals surface area contributed by atoms with Gasteiger partial charge in [-0.1, -0.05) is 90.0 Å². The van der Waals surface area contributed by atoms with E-state index in [-0.39, 0.29) is 12.6 Å². The number of carbonyl (C=O) groups is 1. The number of rotatable bonds is 15. The molecule has 1 fully saturated rings. The number of allylic oxidation sites excluding steroid dienone is 1. The van der Waals surface area contributed by atoms with Gasteiger partial charge in [0.05, 0.1) is 6.61 Å². The fraction of sp³-hybridized carbons (Fsp3) is 0.864. The molecule has 25 heavy (non-hydrogen) atoms. The minimum atomic E-state index is -0.696. The van der Waals surface area contributed by atoms with E-state index in [0.29, 0.717) is 6.42 Å². The number of aliphatic hydroxyl groups is 1. The Morgan fingerprint density at radius 2 is 1.40 bits per heavy atom. The minimum absolute atomic E-state index is 0.102. The number of esters is 1. The predicted octanol–water partition coefficient (Wildman–Crippen LogP) is 6.09. The molecule has 1 aliphatic heterocycles. The van der Waals surface area contributed by atoms with Crippen molar-refractivity contribution in [2.24, 2.45) is 0 Å². The average Bonchev–Trinajstić information content (AvgIpc) is 2.90. The highest BCUT2D eigenvalue weighted by Crippen LogP contribution is 2.30. The Bertz CT molecular complexity index is 389. The molecule has 0 aliphatic carbocycles. The predicted molar refractivity (Wildman–Crippen MR) is 105 cm³/mol. The van der Waals surface area contributed by atoms with Gasteiger partial charge in [-0.15, -0.1) is 0 Å². The van der Waals surface area contributed by atoms with Crippen molar-refractivity contribution in [3.8, 4) is 0 Å². The molecule has 0 aromatic carbocycles. The van der Waals surface area contributed by atoms with Gasteiger partial charge in [0, 0.05) is 12.0 Å². The summed E-state index contributed by atoms with van der Waals surface area (Å²) in [5, 5.41) is 9.25. The Hall–Kier alpha value is -0.830. The van der Waals surface area contributed by atoms with Gasteiger partial charge in [0.2, 0.25) is 0 Å². The molecule has 1 aliphatic rings. The molecular weight excluding hydrogens is 312 g/mol. The maximum atomic E-state index is 11.7. The normalized spacial score (nSPS) is 21.9. The molecule has 1 saturated heterocycles. The van der Waals surface area contributed by atoms with Gasteiger partial charge in [0.1, 0.15) is 5.60 Å². The van der Waals surface area contributed by atoms with Crippen molar-refractivity contribution < 1.29 is 14.6 Å². The Labute approximate surface area is 155 Å². The van der Waals surface area contributed by atoms with Gasteiger partial charge in [0.15, 0.2) is 0 Å². The van der Waals surface area contributed by atoms with Crippen LogP contribution in [-0.4, -0.2) is 23.3 Å². The fourth-order valence-electron chi connectivity index (χ4n) is 3.48. The zero-order chi connectivity index (χ0) is 18.4. The van der Waals surface area contributed by atoms with Crippen LogP contribution in [0.25, 0.3) is 0 Å². The van der Waals surface area contributed by atoms with Gasteiger partial charge in [0.25, 0.3) is 0 Å². The summed E-state index contributed by atoms with van der Waals surface area (Å²) < 4.78 is 5.22. The molecule has 0 aromatic heterocycles. The molecule has 0 amide bonds. The topological polar surface area (TPSA) is 46.5 Å². The summed E-state index contributed by atoms with van der Waals surface area (Å²) in [6.45, 7) is 3.96. The molecule has 0 unspecified atom stereocenters. The maximum Gasteiger partial charge on any atom is 0.334 e. The van der Waals surface area contributed by atoms with Crippen LogP contribution in [0.1, 0.15) is 110 Å². The third-order valence-electron chi connectivity index (χ3n) is 5.20. The van der Waals surface area contributed by atoms with Crippen molar-refractivity contribution in [2.45, 2.75) is 116 Å². The van der Waals surface area contributed by atoms with E-state index in [1.807, 2.05) is 6.08 Å². The lowest BCUT2D eigenvalue weighted by Gasteiger charge is -2.17. The number of hydrogen-bond donors (Lipinski definition) is 1. The van der Waals surface area contributed by atoms with Gasteiger partial charge in [-0.2, -0.15) is 0 Å². The number of aliphatic hydroxyl groups excluding tert-OH is 1. The third kappa shape index (κ3) is 10.0. The number of hydrogen-bond acceptors (Lipinski definition) is 3. The second kappa shape index (κ2) is 13.4. The molecule has 0 radical (unpaired) electrons.